The predicted molar refractivity (Wildman–Crippen MR) is 118 cm³/mol. The van der Waals surface area contributed by atoms with Crippen LogP contribution in [-0.4, -0.2) is 55.2 Å². The summed E-state index contributed by atoms with van der Waals surface area (Å²) in [5.74, 6) is 1.49. The van der Waals surface area contributed by atoms with Gasteiger partial charge in [-0.25, -0.2) is 9.97 Å². The zero-order chi connectivity index (χ0) is 21.5. The topological polar surface area (TPSA) is 109 Å². The first-order valence-corrected chi connectivity index (χ1v) is 11.7. The van der Waals surface area contributed by atoms with Crippen LogP contribution in [0.3, 0.4) is 0 Å². The Hall–Kier alpha value is -2.13. The molecule has 7 nitrogen and oxygen atoms in total. The Labute approximate surface area is 184 Å². The monoisotopic (exact) mass is 441 g/mol. The van der Waals surface area contributed by atoms with E-state index in [0.29, 0.717) is 12.3 Å². The molecule has 164 valence electrons. The lowest BCUT2D eigenvalue weighted by Crippen LogP contribution is -2.34. The number of rotatable bonds is 7. The van der Waals surface area contributed by atoms with Gasteiger partial charge in [-0.05, 0) is 37.8 Å². The van der Waals surface area contributed by atoms with Crippen LogP contribution in [0.5, 0.6) is 5.88 Å². The summed E-state index contributed by atoms with van der Waals surface area (Å²) in [6.45, 7) is 1.74. The molecule has 2 heterocycles. The molecule has 31 heavy (non-hydrogen) atoms. The van der Waals surface area contributed by atoms with Gasteiger partial charge in [-0.2, -0.15) is 4.98 Å². The number of aromatic nitrogens is 3. The molecule has 0 amide bonds. The van der Waals surface area contributed by atoms with Gasteiger partial charge >= 0.3 is 0 Å². The maximum Gasteiger partial charge on any atom is 0.227 e. The van der Waals surface area contributed by atoms with Gasteiger partial charge in [0.25, 0.3) is 0 Å². The fraction of sp³-hybridized carbons (Fsp3) is 0.522. The summed E-state index contributed by atoms with van der Waals surface area (Å²) in [4.78, 5) is 14.2. The summed E-state index contributed by atoms with van der Waals surface area (Å²) < 4.78 is 7.28. The predicted octanol–water partition coefficient (Wildman–Crippen LogP) is 2.89. The number of aliphatic hydroxyl groups excluding tert-OH is 3. The third kappa shape index (κ3) is 4.17. The second kappa shape index (κ2) is 8.43. The van der Waals surface area contributed by atoms with Gasteiger partial charge in [0, 0.05) is 18.9 Å². The van der Waals surface area contributed by atoms with E-state index in [2.05, 4.69) is 0 Å². The van der Waals surface area contributed by atoms with Crippen molar-refractivity contribution < 1.29 is 20.1 Å². The van der Waals surface area contributed by atoms with Crippen LogP contribution in [0.4, 0.5) is 0 Å². The van der Waals surface area contributed by atoms with E-state index in [1.165, 1.54) is 12.8 Å². The van der Waals surface area contributed by atoms with Gasteiger partial charge < -0.3 is 20.1 Å². The molecule has 0 spiro atoms. The molecule has 0 radical (unpaired) electrons. The number of aryl methyl sites for hydroxylation is 2. The average molecular weight is 442 g/mol. The first-order valence-electron chi connectivity index (χ1n) is 10.9. The van der Waals surface area contributed by atoms with Crippen molar-refractivity contribution in [1.82, 2.24) is 15.0 Å². The Balaban J connectivity index is 1.52. The molecule has 3 aromatic rings. The van der Waals surface area contributed by atoms with Crippen molar-refractivity contribution in [3.8, 4) is 16.5 Å². The maximum absolute atomic E-state index is 10.5. The number of thiazole rings is 1. The van der Waals surface area contributed by atoms with Crippen LogP contribution in [0.15, 0.2) is 24.3 Å². The summed E-state index contributed by atoms with van der Waals surface area (Å²) in [5, 5.41) is 31.0. The molecular weight excluding hydrogens is 414 g/mol. The Kier molecular flexibility index (Phi) is 5.64. The van der Waals surface area contributed by atoms with Crippen molar-refractivity contribution in [2.75, 3.05) is 6.61 Å². The van der Waals surface area contributed by atoms with Gasteiger partial charge in [0.1, 0.15) is 23.0 Å². The number of hydrogen-bond donors (Lipinski definition) is 3. The second-order valence-electron chi connectivity index (χ2n) is 8.69. The third-order valence-electron chi connectivity index (χ3n) is 6.33. The van der Waals surface area contributed by atoms with Crippen LogP contribution in [0, 0.1) is 18.8 Å². The zero-order valence-corrected chi connectivity index (χ0v) is 18.3. The van der Waals surface area contributed by atoms with Gasteiger partial charge in [-0.15, -0.1) is 11.3 Å². The van der Waals surface area contributed by atoms with Gasteiger partial charge in [-0.1, -0.05) is 25.0 Å². The van der Waals surface area contributed by atoms with Crippen LogP contribution >= 0.6 is 11.3 Å². The average Bonchev–Trinajstić information content (AvgIpc) is 3.44. The third-order valence-corrected chi connectivity index (χ3v) is 7.38. The van der Waals surface area contributed by atoms with E-state index >= 15 is 0 Å². The van der Waals surface area contributed by atoms with Crippen molar-refractivity contribution in [2.24, 2.45) is 11.8 Å². The fourth-order valence-electron chi connectivity index (χ4n) is 4.28. The Morgan fingerprint density at radius 2 is 1.90 bits per heavy atom. The van der Waals surface area contributed by atoms with Crippen molar-refractivity contribution in [2.45, 2.75) is 57.3 Å². The van der Waals surface area contributed by atoms with Gasteiger partial charge in [0.2, 0.25) is 5.88 Å². The number of benzene rings is 1. The molecule has 2 aliphatic carbocycles. The highest BCUT2D eigenvalue weighted by Crippen LogP contribution is 2.39. The molecule has 3 N–H and O–H groups in total. The molecule has 2 aromatic heterocycles. The molecule has 2 fully saturated rings. The van der Waals surface area contributed by atoms with E-state index in [4.69, 9.17) is 19.7 Å². The van der Waals surface area contributed by atoms with Crippen LogP contribution in [0.2, 0.25) is 0 Å². The Morgan fingerprint density at radius 1 is 1.10 bits per heavy atom. The number of hydrogen-bond acceptors (Lipinski definition) is 8. The van der Waals surface area contributed by atoms with Crippen molar-refractivity contribution in [3.63, 3.8) is 0 Å². The molecule has 0 bridgehead atoms. The molecule has 2 aliphatic rings. The number of fused-ring (bicyclic) bond motifs is 1. The van der Waals surface area contributed by atoms with Crippen LogP contribution in [-0.2, 0) is 6.42 Å². The highest BCUT2D eigenvalue weighted by atomic mass is 32.1. The summed E-state index contributed by atoms with van der Waals surface area (Å²) in [6.07, 6.45) is 2.03. The molecule has 5 rings (SSSR count). The molecule has 2 saturated carbocycles. The highest BCUT2D eigenvalue weighted by molar-refractivity contribution is 7.21. The highest BCUT2D eigenvalue weighted by Gasteiger charge is 2.43. The number of ether oxygens (including phenoxy) is 1. The zero-order valence-electron chi connectivity index (χ0n) is 17.4. The minimum absolute atomic E-state index is 0.196. The summed E-state index contributed by atoms with van der Waals surface area (Å²) in [7, 11) is 0. The van der Waals surface area contributed by atoms with E-state index < -0.39 is 24.2 Å². The van der Waals surface area contributed by atoms with E-state index in [0.717, 1.165) is 51.1 Å². The lowest BCUT2D eigenvalue weighted by Gasteiger charge is -2.20. The molecule has 0 unspecified atom stereocenters. The van der Waals surface area contributed by atoms with E-state index in [9.17, 15) is 15.3 Å². The van der Waals surface area contributed by atoms with E-state index in [1.54, 1.807) is 11.3 Å². The largest absolute Gasteiger partial charge is 0.471 e. The summed E-state index contributed by atoms with van der Waals surface area (Å²) in [6, 6.07) is 7.94. The van der Waals surface area contributed by atoms with Crippen molar-refractivity contribution in [3.05, 3.63) is 35.8 Å². The lowest BCUT2D eigenvalue weighted by atomic mass is 10.1. The fourth-order valence-corrected chi connectivity index (χ4v) is 5.34. The molecule has 1 aromatic carbocycles. The van der Waals surface area contributed by atoms with Crippen LogP contribution in [0.25, 0.3) is 20.8 Å². The smallest absolute Gasteiger partial charge is 0.227 e. The Bertz CT molecular complexity index is 1050. The van der Waals surface area contributed by atoms with Crippen LogP contribution < -0.4 is 4.74 Å². The minimum atomic E-state index is -1.08. The summed E-state index contributed by atoms with van der Waals surface area (Å²) in [5.41, 5.74) is 2.43. The standard InChI is InChI=1S/C23H27N3O4S/c1-12-19(23-25-15-4-2-3-5-17(15)31-23)22(26-18(24-12)9-8-13-6-7-13)30-16-10-14(11-27)20(28)21(16)29/h2-5,13-14,16,20-21,27-29H,6-11H2,1H3/t14-,16-,20-,21+/m1/s1. The van der Waals surface area contributed by atoms with Gasteiger partial charge in [0.05, 0.1) is 27.6 Å². The molecular formula is C23H27N3O4S. The molecule has 0 saturated heterocycles. The van der Waals surface area contributed by atoms with E-state index in [1.807, 2.05) is 31.2 Å². The SMILES string of the molecule is Cc1nc(CCC2CC2)nc(O[C@@H]2C[C@H](CO)[C@@H](O)[C@H]2O)c1-c1nc2ccccc2s1. The van der Waals surface area contributed by atoms with E-state index in [-0.39, 0.29) is 6.61 Å². The number of nitrogens with zero attached hydrogens (tertiary/aromatic N) is 3. The first-order chi connectivity index (χ1) is 15.0. The first kappa shape index (κ1) is 20.8. The summed E-state index contributed by atoms with van der Waals surface area (Å²) >= 11 is 1.55. The second-order valence-corrected chi connectivity index (χ2v) is 9.72. The van der Waals surface area contributed by atoms with Crippen LogP contribution in [0.1, 0.15) is 37.2 Å². The molecule has 4 atom stereocenters. The maximum atomic E-state index is 10.5. The molecule has 8 heteroatoms. The lowest BCUT2D eigenvalue weighted by molar-refractivity contribution is -0.0243. The number of aliphatic hydroxyl groups is 3. The Morgan fingerprint density at radius 3 is 2.61 bits per heavy atom. The molecule has 0 aliphatic heterocycles. The van der Waals surface area contributed by atoms with Crippen molar-refractivity contribution >= 4 is 21.6 Å². The normalized spacial score (nSPS) is 25.9. The number of para-hydroxylation sites is 1. The van der Waals surface area contributed by atoms with Crippen molar-refractivity contribution in [1.29, 1.82) is 0 Å². The quantitative estimate of drug-likeness (QED) is 0.517. The van der Waals surface area contributed by atoms with Gasteiger partial charge in [-0.3, -0.25) is 0 Å². The minimum Gasteiger partial charge on any atom is -0.471 e. The van der Waals surface area contributed by atoms with Gasteiger partial charge in [0.15, 0.2) is 0 Å².